The molecule has 0 aliphatic carbocycles. The number of rotatable bonds is 5. The summed E-state index contributed by atoms with van der Waals surface area (Å²) in [6, 6.07) is 8.03. The average Bonchev–Trinajstić information content (AvgIpc) is 3.16. The molecule has 142 valence electrons. The highest BCUT2D eigenvalue weighted by Crippen LogP contribution is 2.23. The van der Waals surface area contributed by atoms with Crippen LogP contribution < -0.4 is 5.32 Å². The van der Waals surface area contributed by atoms with Crippen LogP contribution in [0, 0.1) is 0 Å². The van der Waals surface area contributed by atoms with Gasteiger partial charge in [-0.15, -0.1) is 12.4 Å². The monoisotopic (exact) mass is 387 g/mol. The van der Waals surface area contributed by atoms with Gasteiger partial charge in [0, 0.05) is 38.8 Å². The van der Waals surface area contributed by atoms with Crippen LogP contribution in [-0.2, 0) is 10.0 Å². The maximum Gasteiger partial charge on any atom is 0.243 e. The van der Waals surface area contributed by atoms with E-state index in [9.17, 15) is 8.42 Å². The highest BCUT2D eigenvalue weighted by Gasteiger charge is 2.31. The molecule has 2 atom stereocenters. The smallest absolute Gasteiger partial charge is 0.243 e. The molecular weight excluding hydrogens is 358 g/mol. The van der Waals surface area contributed by atoms with Gasteiger partial charge in [0.05, 0.1) is 4.90 Å². The Kier molecular flexibility index (Phi) is 7.29. The van der Waals surface area contributed by atoms with Crippen molar-refractivity contribution in [1.82, 2.24) is 14.5 Å². The van der Waals surface area contributed by atoms with Gasteiger partial charge in [-0.05, 0) is 43.0 Å². The summed E-state index contributed by atoms with van der Waals surface area (Å²) in [6.07, 6.45) is 2.23. The number of nitrogens with one attached hydrogen (secondary N) is 1. The Morgan fingerprint density at radius 2 is 1.80 bits per heavy atom. The van der Waals surface area contributed by atoms with Gasteiger partial charge >= 0.3 is 0 Å². The first-order valence-electron chi connectivity index (χ1n) is 9.07. The number of hydrogen-bond donors (Lipinski definition) is 1. The molecule has 5 nitrogen and oxygen atoms in total. The second-order valence-corrected chi connectivity index (χ2v) is 8.90. The molecule has 0 radical (unpaired) electrons. The third-order valence-corrected chi connectivity index (χ3v) is 7.44. The summed E-state index contributed by atoms with van der Waals surface area (Å²) in [5.41, 5.74) is 1.20. The first kappa shape index (κ1) is 20.6. The van der Waals surface area contributed by atoms with E-state index in [1.54, 1.807) is 16.4 Å². The van der Waals surface area contributed by atoms with Crippen molar-refractivity contribution in [3.63, 3.8) is 0 Å². The molecule has 0 amide bonds. The summed E-state index contributed by atoms with van der Waals surface area (Å²) in [4.78, 5) is 2.85. The Morgan fingerprint density at radius 3 is 2.32 bits per heavy atom. The lowest BCUT2D eigenvalue weighted by Gasteiger charge is -2.37. The van der Waals surface area contributed by atoms with Crippen molar-refractivity contribution in [2.75, 3.05) is 39.3 Å². The molecule has 2 aliphatic rings. The molecule has 1 N–H and O–H groups in total. The van der Waals surface area contributed by atoms with E-state index in [1.165, 1.54) is 12.0 Å². The van der Waals surface area contributed by atoms with Gasteiger partial charge in [-0.1, -0.05) is 26.0 Å². The number of sulfonamides is 1. The van der Waals surface area contributed by atoms with Gasteiger partial charge in [0.1, 0.15) is 0 Å². The predicted octanol–water partition coefficient (Wildman–Crippen LogP) is 2.29. The van der Waals surface area contributed by atoms with E-state index >= 15 is 0 Å². The van der Waals surface area contributed by atoms with E-state index in [0.29, 0.717) is 29.9 Å². The highest BCUT2D eigenvalue weighted by atomic mass is 35.5. The zero-order chi connectivity index (χ0) is 17.2. The Labute approximate surface area is 158 Å². The van der Waals surface area contributed by atoms with Crippen molar-refractivity contribution in [2.45, 2.75) is 43.5 Å². The third-order valence-electron chi connectivity index (χ3n) is 5.52. The van der Waals surface area contributed by atoms with Crippen molar-refractivity contribution in [3.8, 4) is 0 Å². The molecule has 7 heteroatoms. The van der Waals surface area contributed by atoms with E-state index in [-0.39, 0.29) is 12.4 Å². The standard InChI is InChI=1S/C18H29N3O2S.ClH/c1-3-15(2)16-4-6-18(7-5-16)24(22,23)21-12-10-20(11-13-21)17-8-9-19-14-17;/h4-7,15,17,19H,3,8-14H2,1-2H3;1H. The fourth-order valence-electron chi connectivity index (χ4n) is 3.61. The summed E-state index contributed by atoms with van der Waals surface area (Å²) in [5.74, 6) is 0.463. The van der Waals surface area contributed by atoms with Crippen LogP contribution in [0.2, 0.25) is 0 Å². The quantitative estimate of drug-likeness (QED) is 0.842. The van der Waals surface area contributed by atoms with Gasteiger partial charge in [-0.2, -0.15) is 4.31 Å². The van der Waals surface area contributed by atoms with E-state index in [2.05, 4.69) is 24.1 Å². The molecule has 0 spiro atoms. The topological polar surface area (TPSA) is 52.7 Å². The number of halogens is 1. The molecule has 2 heterocycles. The van der Waals surface area contributed by atoms with Crippen LogP contribution in [0.3, 0.4) is 0 Å². The third kappa shape index (κ3) is 4.55. The molecule has 3 rings (SSSR count). The van der Waals surface area contributed by atoms with Crippen LogP contribution in [0.4, 0.5) is 0 Å². The van der Waals surface area contributed by atoms with E-state index < -0.39 is 10.0 Å². The minimum absolute atomic E-state index is 0. The minimum atomic E-state index is -3.37. The predicted molar refractivity (Wildman–Crippen MR) is 104 cm³/mol. The Hall–Kier alpha value is -0.660. The summed E-state index contributed by atoms with van der Waals surface area (Å²) in [6.45, 7) is 9.26. The van der Waals surface area contributed by atoms with Gasteiger partial charge in [-0.25, -0.2) is 8.42 Å². The maximum absolute atomic E-state index is 12.9. The van der Waals surface area contributed by atoms with Crippen molar-refractivity contribution in [1.29, 1.82) is 0 Å². The van der Waals surface area contributed by atoms with Gasteiger partial charge < -0.3 is 5.32 Å². The van der Waals surface area contributed by atoms with Gasteiger partial charge in [0.2, 0.25) is 10.0 Å². The zero-order valence-corrected chi connectivity index (χ0v) is 16.8. The van der Waals surface area contributed by atoms with Crippen LogP contribution in [0.1, 0.15) is 38.2 Å². The summed E-state index contributed by atoms with van der Waals surface area (Å²) in [7, 11) is -3.37. The maximum atomic E-state index is 12.9. The normalized spacial score (nSPS) is 24.0. The highest BCUT2D eigenvalue weighted by molar-refractivity contribution is 7.89. The Balaban J connectivity index is 0.00000225. The molecule has 2 fully saturated rings. The lowest BCUT2D eigenvalue weighted by atomic mass is 9.99. The SMILES string of the molecule is CCC(C)c1ccc(S(=O)(=O)N2CCN(C3CCNC3)CC2)cc1.Cl. The molecule has 2 saturated heterocycles. The molecule has 0 bridgehead atoms. The van der Waals surface area contributed by atoms with E-state index in [4.69, 9.17) is 0 Å². The van der Waals surface area contributed by atoms with Crippen LogP contribution >= 0.6 is 12.4 Å². The zero-order valence-electron chi connectivity index (χ0n) is 15.1. The molecular formula is C18H30ClN3O2S. The molecule has 1 aromatic carbocycles. The molecule has 0 aromatic heterocycles. The second-order valence-electron chi connectivity index (χ2n) is 6.97. The number of benzene rings is 1. The minimum Gasteiger partial charge on any atom is -0.315 e. The fourth-order valence-corrected chi connectivity index (χ4v) is 5.04. The van der Waals surface area contributed by atoms with Crippen LogP contribution in [0.25, 0.3) is 0 Å². The van der Waals surface area contributed by atoms with E-state index in [1.807, 2.05) is 12.1 Å². The first-order valence-corrected chi connectivity index (χ1v) is 10.5. The van der Waals surface area contributed by atoms with Crippen molar-refractivity contribution < 1.29 is 8.42 Å². The van der Waals surface area contributed by atoms with Gasteiger partial charge in [0.15, 0.2) is 0 Å². The Morgan fingerprint density at radius 1 is 1.16 bits per heavy atom. The summed E-state index contributed by atoms with van der Waals surface area (Å²) in [5, 5.41) is 3.38. The molecule has 0 saturated carbocycles. The first-order chi connectivity index (χ1) is 11.5. The molecule has 1 aromatic rings. The van der Waals surface area contributed by atoms with Crippen LogP contribution in [0.15, 0.2) is 29.2 Å². The Bertz CT molecular complexity index is 637. The summed E-state index contributed by atoms with van der Waals surface area (Å²) < 4.78 is 27.4. The second kappa shape index (κ2) is 8.82. The van der Waals surface area contributed by atoms with Crippen molar-refractivity contribution in [2.24, 2.45) is 0 Å². The number of nitrogens with zero attached hydrogens (tertiary/aromatic N) is 2. The average molecular weight is 388 g/mol. The molecule has 25 heavy (non-hydrogen) atoms. The van der Waals surface area contributed by atoms with Gasteiger partial charge in [0.25, 0.3) is 0 Å². The van der Waals surface area contributed by atoms with Crippen LogP contribution in [-0.4, -0.2) is 62.9 Å². The number of hydrogen-bond acceptors (Lipinski definition) is 4. The van der Waals surface area contributed by atoms with Crippen LogP contribution in [0.5, 0.6) is 0 Å². The number of piperazine rings is 1. The van der Waals surface area contributed by atoms with Crippen molar-refractivity contribution >= 4 is 22.4 Å². The fraction of sp³-hybridized carbons (Fsp3) is 0.667. The lowest BCUT2D eigenvalue weighted by Crippen LogP contribution is -2.52. The van der Waals surface area contributed by atoms with Gasteiger partial charge in [-0.3, -0.25) is 4.90 Å². The molecule has 2 aliphatic heterocycles. The summed E-state index contributed by atoms with van der Waals surface area (Å²) >= 11 is 0. The molecule has 2 unspecified atom stereocenters. The largest absolute Gasteiger partial charge is 0.315 e. The van der Waals surface area contributed by atoms with E-state index in [0.717, 1.165) is 32.6 Å². The lowest BCUT2D eigenvalue weighted by molar-refractivity contribution is 0.145. The van der Waals surface area contributed by atoms with Crippen molar-refractivity contribution in [3.05, 3.63) is 29.8 Å².